The fourth-order valence-electron chi connectivity index (χ4n) is 1.39. The van der Waals surface area contributed by atoms with Crippen LogP contribution in [0, 0.1) is 0 Å². The molecule has 7 heteroatoms. The standard InChI is InChI=1S/C12H17N3O3S/c1-3-10-13-6-8(7-14-10)11(16)15-9(12(17)18)4-5-19-2/h6-7,9H,3-5H2,1-2H3,(H,15,16)(H,17,18)/t9-/m0/s1. The first-order chi connectivity index (χ1) is 9.08. The SMILES string of the molecule is CCc1ncc(C(=O)N[C@@H](CCSC)C(=O)O)cn1. The molecule has 1 amide bonds. The zero-order chi connectivity index (χ0) is 14.3. The lowest BCUT2D eigenvalue weighted by molar-refractivity contribution is -0.139. The average Bonchev–Trinajstić information content (AvgIpc) is 2.43. The van der Waals surface area contributed by atoms with Gasteiger partial charge in [0, 0.05) is 18.8 Å². The molecule has 1 aromatic heterocycles. The summed E-state index contributed by atoms with van der Waals surface area (Å²) in [5, 5.41) is 11.5. The number of nitrogens with one attached hydrogen (secondary N) is 1. The highest BCUT2D eigenvalue weighted by Gasteiger charge is 2.20. The van der Waals surface area contributed by atoms with Gasteiger partial charge in [-0.05, 0) is 18.4 Å². The third-order valence-electron chi connectivity index (χ3n) is 2.50. The highest BCUT2D eigenvalue weighted by molar-refractivity contribution is 7.98. The van der Waals surface area contributed by atoms with Crippen molar-refractivity contribution in [2.24, 2.45) is 0 Å². The van der Waals surface area contributed by atoms with Crippen molar-refractivity contribution in [3.8, 4) is 0 Å². The number of rotatable bonds is 7. The Bertz CT molecular complexity index is 436. The van der Waals surface area contributed by atoms with Crippen LogP contribution in [-0.2, 0) is 11.2 Å². The first-order valence-electron chi connectivity index (χ1n) is 5.92. The summed E-state index contributed by atoms with van der Waals surface area (Å²) in [6.45, 7) is 1.91. The smallest absolute Gasteiger partial charge is 0.326 e. The van der Waals surface area contributed by atoms with Crippen LogP contribution in [0.15, 0.2) is 12.4 Å². The van der Waals surface area contributed by atoms with E-state index in [1.807, 2.05) is 13.2 Å². The average molecular weight is 283 g/mol. The molecule has 0 aliphatic rings. The van der Waals surface area contributed by atoms with Gasteiger partial charge in [-0.2, -0.15) is 11.8 Å². The molecular weight excluding hydrogens is 266 g/mol. The minimum absolute atomic E-state index is 0.271. The molecule has 0 saturated heterocycles. The van der Waals surface area contributed by atoms with Crippen LogP contribution in [0.4, 0.5) is 0 Å². The third kappa shape index (κ3) is 4.86. The van der Waals surface area contributed by atoms with Gasteiger partial charge in [-0.25, -0.2) is 14.8 Å². The van der Waals surface area contributed by atoms with E-state index < -0.39 is 17.9 Å². The van der Waals surface area contributed by atoms with E-state index in [0.717, 1.165) is 0 Å². The zero-order valence-electron chi connectivity index (χ0n) is 10.9. The molecule has 0 aliphatic carbocycles. The lowest BCUT2D eigenvalue weighted by Crippen LogP contribution is -2.41. The quantitative estimate of drug-likeness (QED) is 0.775. The molecule has 0 bridgehead atoms. The fourth-order valence-corrected chi connectivity index (χ4v) is 1.86. The van der Waals surface area contributed by atoms with Gasteiger partial charge < -0.3 is 10.4 Å². The van der Waals surface area contributed by atoms with E-state index >= 15 is 0 Å². The number of thioether (sulfide) groups is 1. The van der Waals surface area contributed by atoms with Gasteiger partial charge in [-0.3, -0.25) is 4.79 Å². The van der Waals surface area contributed by atoms with Crippen LogP contribution in [0.3, 0.4) is 0 Å². The van der Waals surface area contributed by atoms with Crippen molar-refractivity contribution in [1.29, 1.82) is 0 Å². The number of carboxylic acids is 1. The van der Waals surface area contributed by atoms with Crippen molar-refractivity contribution in [1.82, 2.24) is 15.3 Å². The van der Waals surface area contributed by atoms with Gasteiger partial charge in [-0.15, -0.1) is 0 Å². The second-order valence-corrected chi connectivity index (χ2v) is 4.87. The summed E-state index contributed by atoms with van der Waals surface area (Å²) >= 11 is 1.54. The van der Waals surface area contributed by atoms with Crippen molar-refractivity contribution >= 4 is 23.6 Å². The van der Waals surface area contributed by atoms with Crippen LogP contribution < -0.4 is 5.32 Å². The zero-order valence-corrected chi connectivity index (χ0v) is 11.7. The van der Waals surface area contributed by atoms with Gasteiger partial charge in [-0.1, -0.05) is 6.92 Å². The lowest BCUT2D eigenvalue weighted by Gasteiger charge is -2.13. The maximum absolute atomic E-state index is 11.9. The third-order valence-corrected chi connectivity index (χ3v) is 3.14. The van der Waals surface area contributed by atoms with Crippen LogP contribution >= 0.6 is 11.8 Å². The number of aliphatic carboxylic acids is 1. The summed E-state index contributed by atoms with van der Waals surface area (Å²) in [4.78, 5) is 30.9. The Hall–Kier alpha value is -1.63. The summed E-state index contributed by atoms with van der Waals surface area (Å²) in [7, 11) is 0. The summed E-state index contributed by atoms with van der Waals surface area (Å²) in [5.41, 5.74) is 0.271. The fraction of sp³-hybridized carbons (Fsp3) is 0.500. The van der Waals surface area contributed by atoms with E-state index in [4.69, 9.17) is 5.11 Å². The van der Waals surface area contributed by atoms with Crippen LogP contribution in [0.2, 0.25) is 0 Å². The molecule has 0 unspecified atom stereocenters. The Morgan fingerprint density at radius 3 is 2.53 bits per heavy atom. The predicted molar refractivity (Wildman–Crippen MR) is 73.3 cm³/mol. The van der Waals surface area contributed by atoms with Crippen molar-refractivity contribution < 1.29 is 14.7 Å². The number of aryl methyl sites for hydroxylation is 1. The monoisotopic (exact) mass is 283 g/mol. The second-order valence-electron chi connectivity index (χ2n) is 3.89. The van der Waals surface area contributed by atoms with Gasteiger partial charge in [0.15, 0.2) is 0 Å². The molecule has 6 nitrogen and oxygen atoms in total. The molecule has 1 heterocycles. The Balaban J connectivity index is 2.67. The minimum atomic E-state index is -1.03. The molecular formula is C12H17N3O3S. The predicted octanol–water partition coefficient (Wildman–Crippen LogP) is 0.975. The number of carboxylic acid groups (broad SMARTS) is 1. The number of hydrogen-bond donors (Lipinski definition) is 2. The molecule has 0 spiro atoms. The molecule has 0 aromatic carbocycles. The number of nitrogens with zero attached hydrogens (tertiary/aromatic N) is 2. The highest BCUT2D eigenvalue weighted by atomic mass is 32.2. The Morgan fingerprint density at radius 1 is 1.42 bits per heavy atom. The van der Waals surface area contributed by atoms with E-state index in [2.05, 4.69) is 15.3 Å². The molecule has 0 aliphatic heterocycles. The van der Waals surface area contributed by atoms with E-state index in [1.54, 1.807) is 0 Å². The van der Waals surface area contributed by atoms with Crippen LogP contribution in [0.5, 0.6) is 0 Å². The normalized spacial score (nSPS) is 11.9. The maximum Gasteiger partial charge on any atom is 0.326 e. The van der Waals surface area contributed by atoms with Crippen LogP contribution in [-0.4, -0.2) is 45.0 Å². The summed E-state index contributed by atoms with van der Waals surface area (Å²) < 4.78 is 0. The molecule has 1 rings (SSSR count). The number of carbonyl (C=O) groups is 2. The lowest BCUT2D eigenvalue weighted by atomic mass is 10.2. The van der Waals surface area contributed by atoms with Crippen molar-refractivity contribution in [2.45, 2.75) is 25.8 Å². The Kier molecular flexibility index (Phi) is 6.27. The Morgan fingerprint density at radius 2 is 2.05 bits per heavy atom. The molecule has 1 atom stereocenters. The molecule has 2 N–H and O–H groups in total. The molecule has 0 fully saturated rings. The number of aromatic nitrogens is 2. The molecule has 0 radical (unpaired) electrons. The van der Waals surface area contributed by atoms with Gasteiger partial charge >= 0.3 is 5.97 Å². The maximum atomic E-state index is 11.9. The van der Waals surface area contributed by atoms with Crippen molar-refractivity contribution in [2.75, 3.05) is 12.0 Å². The number of amides is 1. The van der Waals surface area contributed by atoms with E-state index in [0.29, 0.717) is 24.4 Å². The van der Waals surface area contributed by atoms with E-state index in [1.165, 1.54) is 24.2 Å². The van der Waals surface area contributed by atoms with Gasteiger partial charge in [0.05, 0.1) is 5.56 Å². The minimum Gasteiger partial charge on any atom is -0.480 e. The Labute approximate surface area is 116 Å². The first-order valence-corrected chi connectivity index (χ1v) is 7.31. The second kappa shape index (κ2) is 7.73. The highest BCUT2D eigenvalue weighted by Crippen LogP contribution is 2.03. The van der Waals surface area contributed by atoms with Crippen LogP contribution in [0.25, 0.3) is 0 Å². The molecule has 19 heavy (non-hydrogen) atoms. The first kappa shape index (κ1) is 15.4. The number of hydrogen-bond acceptors (Lipinski definition) is 5. The van der Waals surface area contributed by atoms with E-state index in [-0.39, 0.29) is 5.56 Å². The topological polar surface area (TPSA) is 92.2 Å². The summed E-state index contributed by atoms with van der Waals surface area (Å²) in [5.74, 6) is -0.180. The van der Waals surface area contributed by atoms with Crippen molar-refractivity contribution in [3.63, 3.8) is 0 Å². The van der Waals surface area contributed by atoms with Crippen molar-refractivity contribution in [3.05, 3.63) is 23.8 Å². The molecule has 0 saturated carbocycles. The molecule has 1 aromatic rings. The van der Waals surface area contributed by atoms with Crippen LogP contribution in [0.1, 0.15) is 29.5 Å². The van der Waals surface area contributed by atoms with E-state index in [9.17, 15) is 9.59 Å². The number of carbonyl (C=O) groups excluding carboxylic acids is 1. The van der Waals surface area contributed by atoms with Gasteiger partial charge in [0.25, 0.3) is 5.91 Å². The molecule has 104 valence electrons. The largest absolute Gasteiger partial charge is 0.480 e. The summed E-state index contributed by atoms with van der Waals surface area (Å²) in [6.07, 6.45) is 5.78. The summed E-state index contributed by atoms with van der Waals surface area (Å²) in [6, 6.07) is -0.884. The van der Waals surface area contributed by atoms with Gasteiger partial charge in [0.1, 0.15) is 11.9 Å². The van der Waals surface area contributed by atoms with Gasteiger partial charge in [0.2, 0.25) is 0 Å².